The summed E-state index contributed by atoms with van der Waals surface area (Å²) >= 11 is 0. The molecule has 2 N–H and O–H groups in total. The van der Waals surface area contributed by atoms with Gasteiger partial charge in [-0.2, -0.15) is 0 Å². The molecule has 9 nitrogen and oxygen atoms in total. The van der Waals surface area contributed by atoms with Gasteiger partial charge in [0.1, 0.15) is 6.04 Å². The van der Waals surface area contributed by atoms with Crippen molar-refractivity contribution in [2.75, 3.05) is 26.8 Å². The topological polar surface area (TPSA) is 116 Å². The number of carbonyl (C=O) groups is 4. The maximum absolute atomic E-state index is 12.0. The van der Waals surface area contributed by atoms with E-state index in [1.165, 1.54) is 7.05 Å². The number of nitrogens with one attached hydrogen (secondary N) is 1. The summed E-state index contributed by atoms with van der Waals surface area (Å²) in [6, 6.07) is -2.70. The van der Waals surface area contributed by atoms with Crippen molar-refractivity contribution in [2.24, 2.45) is 0 Å². The molecule has 110 valence electrons. The lowest BCUT2D eigenvalue weighted by molar-refractivity contribution is -0.147. The van der Waals surface area contributed by atoms with Crippen molar-refractivity contribution in [3.63, 3.8) is 0 Å². The van der Waals surface area contributed by atoms with Crippen LogP contribution in [-0.4, -0.2) is 77.6 Å². The number of hydrogen-bond acceptors (Lipinski definition) is 5. The van der Waals surface area contributed by atoms with Crippen LogP contribution in [0.2, 0.25) is 0 Å². The van der Waals surface area contributed by atoms with Crippen LogP contribution in [0, 0.1) is 0 Å². The van der Waals surface area contributed by atoms with Gasteiger partial charge in [0.2, 0.25) is 5.91 Å². The van der Waals surface area contributed by atoms with Crippen LogP contribution in [0.5, 0.6) is 0 Å². The zero-order valence-corrected chi connectivity index (χ0v) is 10.9. The first-order chi connectivity index (χ1) is 9.41. The third-order valence-electron chi connectivity index (χ3n) is 3.35. The van der Waals surface area contributed by atoms with Gasteiger partial charge in [-0.05, 0) is 0 Å². The number of urea groups is 1. The van der Waals surface area contributed by atoms with Crippen molar-refractivity contribution in [1.82, 2.24) is 15.1 Å². The number of carbonyl (C=O) groups excluding carboxylic acids is 3. The number of rotatable bonds is 2. The molecule has 0 spiro atoms. The van der Waals surface area contributed by atoms with Crippen molar-refractivity contribution in [3.8, 4) is 0 Å². The molecule has 2 fully saturated rings. The summed E-state index contributed by atoms with van der Waals surface area (Å²) in [7, 11) is 1.34. The van der Waals surface area contributed by atoms with Gasteiger partial charge in [-0.15, -0.1) is 0 Å². The van der Waals surface area contributed by atoms with E-state index in [0.717, 1.165) is 9.80 Å². The smallest absolute Gasteiger partial charge is 0.328 e. The standard InChI is InChI=1S/C11H15N3O6/c1-13-8(15)4-6(9(13)16)12-11(19)14-2-3-20-5-7(14)10(17)18/h6-7H,2-5H2,1H3,(H,12,19)(H,17,18). The van der Waals surface area contributed by atoms with E-state index in [4.69, 9.17) is 9.84 Å². The summed E-state index contributed by atoms with van der Waals surface area (Å²) in [6.07, 6.45) is -0.108. The summed E-state index contributed by atoms with van der Waals surface area (Å²) in [5.74, 6) is -2.05. The molecule has 20 heavy (non-hydrogen) atoms. The predicted octanol–water partition coefficient (Wildman–Crippen LogP) is -1.76. The zero-order chi connectivity index (χ0) is 14.9. The van der Waals surface area contributed by atoms with E-state index in [2.05, 4.69) is 5.32 Å². The molecule has 0 aliphatic carbocycles. The molecule has 2 aliphatic heterocycles. The Morgan fingerprint density at radius 3 is 2.65 bits per heavy atom. The maximum Gasteiger partial charge on any atom is 0.328 e. The summed E-state index contributed by atoms with van der Waals surface area (Å²) in [6.45, 7) is 0.252. The first-order valence-electron chi connectivity index (χ1n) is 6.10. The van der Waals surface area contributed by atoms with Gasteiger partial charge < -0.3 is 20.1 Å². The molecule has 2 atom stereocenters. The fourth-order valence-corrected chi connectivity index (χ4v) is 2.15. The number of carboxylic acids is 1. The Kier molecular flexibility index (Phi) is 3.89. The summed E-state index contributed by atoms with van der Waals surface area (Å²) in [4.78, 5) is 48.2. The van der Waals surface area contributed by atoms with Gasteiger partial charge in [0.15, 0.2) is 6.04 Å². The lowest BCUT2D eigenvalue weighted by atomic mass is 10.2. The molecule has 2 unspecified atom stereocenters. The molecule has 0 radical (unpaired) electrons. The number of imide groups is 1. The van der Waals surface area contributed by atoms with Crippen molar-refractivity contribution in [3.05, 3.63) is 0 Å². The van der Waals surface area contributed by atoms with Crippen LogP contribution < -0.4 is 5.32 Å². The average Bonchev–Trinajstić information content (AvgIpc) is 2.66. The predicted molar refractivity (Wildman–Crippen MR) is 63.7 cm³/mol. The highest BCUT2D eigenvalue weighted by Gasteiger charge is 2.40. The minimum Gasteiger partial charge on any atom is -0.480 e. The first-order valence-corrected chi connectivity index (χ1v) is 6.10. The van der Waals surface area contributed by atoms with Crippen molar-refractivity contribution >= 4 is 23.8 Å². The highest BCUT2D eigenvalue weighted by molar-refractivity contribution is 6.06. The van der Waals surface area contributed by atoms with Gasteiger partial charge >= 0.3 is 12.0 Å². The normalized spacial score (nSPS) is 26.9. The van der Waals surface area contributed by atoms with E-state index in [1.807, 2.05) is 0 Å². The van der Waals surface area contributed by atoms with Gasteiger partial charge in [0.05, 0.1) is 19.6 Å². The van der Waals surface area contributed by atoms with E-state index in [-0.39, 0.29) is 32.1 Å². The van der Waals surface area contributed by atoms with Crippen LogP contribution in [0.3, 0.4) is 0 Å². The Bertz CT molecular complexity index is 465. The van der Waals surface area contributed by atoms with E-state index >= 15 is 0 Å². The van der Waals surface area contributed by atoms with Crippen molar-refractivity contribution in [2.45, 2.75) is 18.5 Å². The number of aliphatic carboxylic acids is 1. The maximum atomic E-state index is 12.0. The van der Waals surface area contributed by atoms with E-state index in [9.17, 15) is 19.2 Å². The van der Waals surface area contributed by atoms with Gasteiger partial charge in [-0.3, -0.25) is 14.5 Å². The Morgan fingerprint density at radius 2 is 2.10 bits per heavy atom. The molecule has 2 aliphatic rings. The van der Waals surface area contributed by atoms with Gasteiger partial charge in [-0.25, -0.2) is 9.59 Å². The number of amides is 4. The Hall–Kier alpha value is -2.16. The largest absolute Gasteiger partial charge is 0.480 e. The minimum absolute atomic E-state index is 0.0970. The SMILES string of the molecule is CN1C(=O)CC(NC(=O)N2CCOCC2C(=O)O)C1=O. The number of hydrogen-bond donors (Lipinski definition) is 2. The average molecular weight is 285 g/mol. The third kappa shape index (κ3) is 2.57. The number of ether oxygens (including phenoxy) is 1. The molecule has 2 heterocycles. The van der Waals surface area contributed by atoms with Gasteiger partial charge in [0.25, 0.3) is 5.91 Å². The quantitative estimate of drug-likeness (QED) is 0.580. The third-order valence-corrected chi connectivity index (χ3v) is 3.35. The molecule has 2 rings (SSSR count). The molecule has 2 saturated heterocycles. The highest BCUT2D eigenvalue weighted by atomic mass is 16.5. The number of nitrogens with zero attached hydrogens (tertiary/aromatic N) is 2. The molecule has 4 amide bonds. The van der Waals surface area contributed by atoms with E-state index in [0.29, 0.717) is 0 Å². The van der Waals surface area contributed by atoms with E-state index < -0.39 is 30.0 Å². The second kappa shape index (κ2) is 5.45. The molecule has 0 aromatic heterocycles. The number of carboxylic acid groups (broad SMARTS) is 1. The van der Waals surface area contributed by atoms with Crippen LogP contribution >= 0.6 is 0 Å². The molecule has 9 heteroatoms. The molecular formula is C11H15N3O6. The van der Waals surface area contributed by atoms with Crippen LogP contribution in [0.1, 0.15) is 6.42 Å². The zero-order valence-electron chi connectivity index (χ0n) is 10.9. The Labute approximate surface area is 114 Å². The second-order valence-corrected chi connectivity index (χ2v) is 4.62. The van der Waals surface area contributed by atoms with Crippen molar-refractivity contribution in [1.29, 1.82) is 0 Å². The summed E-state index contributed by atoms with van der Waals surface area (Å²) in [5, 5.41) is 11.4. The monoisotopic (exact) mass is 285 g/mol. The van der Waals surface area contributed by atoms with E-state index in [1.54, 1.807) is 0 Å². The molecule has 0 aromatic rings. The second-order valence-electron chi connectivity index (χ2n) is 4.62. The number of likely N-dealkylation sites (N-methyl/N-ethyl adjacent to an activating group) is 1. The number of morpholine rings is 1. The highest BCUT2D eigenvalue weighted by Crippen LogP contribution is 2.13. The lowest BCUT2D eigenvalue weighted by Crippen LogP contribution is -2.57. The van der Waals surface area contributed by atoms with Crippen LogP contribution in [-0.2, 0) is 19.1 Å². The summed E-state index contributed by atoms with van der Waals surface area (Å²) < 4.78 is 5.02. The van der Waals surface area contributed by atoms with Crippen LogP contribution in [0.15, 0.2) is 0 Å². The van der Waals surface area contributed by atoms with Crippen LogP contribution in [0.25, 0.3) is 0 Å². The molecule has 0 saturated carbocycles. The Balaban J connectivity index is 2.02. The minimum atomic E-state index is -1.18. The fraction of sp³-hybridized carbons (Fsp3) is 0.636. The van der Waals surface area contributed by atoms with Crippen molar-refractivity contribution < 1.29 is 29.0 Å². The van der Waals surface area contributed by atoms with Crippen LogP contribution in [0.4, 0.5) is 4.79 Å². The van der Waals surface area contributed by atoms with Gasteiger partial charge in [-0.1, -0.05) is 0 Å². The first kappa shape index (κ1) is 14.3. The Morgan fingerprint density at radius 1 is 1.40 bits per heavy atom. The lowest BCUT2D eigenvalue weighted by Gasteiger charge is -2.33. The molecular weight excluding hydrogens is 270 g/mol. The fourth-order valence-electron chi connectivity index (χ4n) is 2.15. The molecule has 0 aromatic carbocycles. The molecule has 0 bridgehead atoms. The number of likely N-dealkylation sites (tertiary alicyclic amines) is 1. The van der Waals surface area contributed by atoms with Gasteiger partial charge in [0, 0.05) is 13.6 Å². The summed E-state index contributed by atoms with van der Waals surface area (Å²) in [5.41, 5.74) is 0.